The van der Waals surface area contributed by atoms with Crippen molar-refractivity contribution < 1.29 is 14.1 Å². The van der Waals surface area contributed by atoms with Crippen molar-refractivity contribution in [2.75, 3.05) is 0 Å². The third-order valence-electron chi connectivity index (χ3n) is 2.77. The average Bonchev–Trinajstić information content (AvgIpc) is 2.78. The summed E-state index contributed by atoms with van der Waals surface area (Å²) in [7, 11) is 4.60. The molecule has 0 aromatic heterocycles. The van der Waals surface area contributed by atoms with E-state index in [0.29, 0.717) is 0 Å². The Balaban J connectivity index is 0.000000980. The molecule has 0 fully saturated rings. The van der Waals surface area contributed by atoms with Crippen LogP contribution >= 0.6 is 34.0 Å². The normalized spacial score (nSPS) is 16.8. The Morgan fingerprint density at radius 1 is 0.867 bits per heavy atom. The molecule has 82 valence electrons. The van der Waals surface area contributed by atoms with E-state index in [1.165, 1.54) is 12.8 Å². The molecule has 5 heteroatoms. The van der Waals surface area contributed by atoms with Gasteiger partial charge in [0.1, 0.15) is 0 Å². The molecule has 0 amide bonds. The van der Waals surface area contributed by atoms with Crippen LogP contribution in [0.15, 0.2) is 44.2 Å². The Labute approximate surface area is 119 Å². The fourth-order valence-electron chi connectivity index (χ4n) is 1.81. The van der Waals surface area contributed by atoms with Gasteiger partial charge in [0.2, 0.25) is 0 Å². The molecule has 0 bridgehead atoms. The molecule has 2 rings (SSSR count). The van der Waals surface area contributed by atoms with Crippen LogP contribution in [0.1, 0.15) is 12.8 Å². The quantitative estimate of drug-likeness (QED) is 0.623. The topological polar surface area (TPSA) is 0 Å². The number of allylic oxidation sites excluding steroid dienone is 8. The first-order valence-electron chi connectivity index (χ1n) is 4.64. The molecule has 2 aliphatic carbocycles. The Morgan fingerprint density at radius 2 is 1.27 bits per heavy atom. The van der Waals surface area contributed by atoms with E-state index in [1.807, 2.05) is 0 Å². The SMILES string of the molecule is Br.Br.[SiH2]=[Ti](=[SiH2])([C]1=CC=CC1)[C]1=CC=CC1. The summed E-state index contributed by atoms with van der Waals surface area (Å²) in [5, 5.41) is 0. The summed E-state index contributed by atoms with van der Waals surface area (Å²) in [6, 6.07) is 0. The van der Waals surface area contributed by atoms with Crippen molar-refractivity contribution in [3.8, 4) is 0 Å². The molecule has 0 heterocycles. The summed E-state index contributed by atoms with van der Waals surface area (Å²) in [5.74, 6) is 0. The second-order valence-electron chi connectivity index (χ2n) is 3.73. The van der Waals surface area contributed by atoms with E-state index in [2.05, 4.69) is 51.7 Å². The fourth-order valence-corrected chi connectivity index (χ4v) is 9.66. The molecular formula is C10H16Br2Si2Ti. The Kier molecular flexibility index (Phi) is 7.20. The van der Waals surface area contributed by atoms with E-state index in [4.69, 9.17) is 0 Å². The molecule has 0 aromatic rings. The fraction of sp³-hybridized carbons (Fsp3) is 0.200. The van der Waals surface area contributed by atoms with Gasteiger partial charge in [0.05, 0.1) is 0 Å². The van der Waals surface area contributed by atoms with Gasteiger partial charge in [-0.2, -0.15) is 0 Å². The third kappa shape index (κ3) is 3.51. The van der Waals surface area contributed by atoms with E-state index in [1.54, 1.807) is 7.76 Å². The van der Waals surface area contributed by atoms with Crippen molar-refractivity contribution in [1.82, 2.24) is 0 Å². The molecule has 0 spiro atoms. The van der Waals surface area contributed by atoms with Gasteiger partial charge in [0, 0.05) is 0 Å². The number of hydrogen-bond acceptors (Lipinski definition) is 0. The van der Waals surface area contributed by atoms with Crippen LogP contribution < -0.4 is 0 Å². The van der Waals surface area contributed by atoms with Gasteiger partial charge in [-0.25, -0.2) is 0 Å². The van der Waals surface area contributed by atoms with Crippen molar-refractivity contribution in [2.45, 2.75) is 12.8 Å². The first-order chi connectivity index (χ1) is 6.21. The van der Waals surface area contributed by atoms with Gasteiger partial charge in [-0.3, -0.25) is 0 Å². The third-order valence-corrected chi connectivity index (χ3v) is 15.3. The van der Waals surface area contributed by atoms with Crippen molar-refractivity contribution in [3.63, 3.8) is 0 Å². The molecule has 0 nitrogen and oxygen atoms in total. The van der Waals surface area contributed by atoms with E-state index in [0.717, 1.165) is 0 Å². The predicted molar refractivity (Wildman–Crippen MR) is 81.4 cm³/mol. The molecule has 15 heavy (non-hydrogen) atoms. The average molecular weight is 400 g/mol. The second kappa shape index (κ2) is 6.72. The van der Waals surface area contributed by atoms with Gasteiger partial charge in [0.25, 0.3) is 0 Å². The van der Waals surface area contributed by atoms with E-state index >= 15 is 0 Å². The molecule has 0 aliphatic heterocycles. The number of rotatable bonds is 2. The van der Waals surface area contributed by atoms with Crippen molar-refractivity contribution >= 4 is 49.2 Å². The maximum absolute atomic E-state index is 2.36. The molecule has 0 unspecified atom stereocenters. The maximum atomic E-state index is 2.36. The van der Waals surface area contributed by atoms with Crippen LogP contribution in [0.4, 0.5) is 0 Å². The summed E-state index contributed by atoms with van der Waals surface area (Å²) < 4.78 is 3.51. The van der Waals surface area contributed by atoms with Gasteiger partial charge in [-0.05, 0) is 0 Å². The standard InChI is InChI=1S/2C5H5.2BrH.2H2Si.Ti/c2*1-2-4-5-3-1;;;;;/h2*1-3H,4H2;2*1H;2*1H2;. The van der Waals surface area contributed by atoms with Crippen LogP contribution in [0.5, 0.6) is 0 Å². The molecule has 0 atom stereocenters. The summed E-state index contributed by atoms with van der Waals surface area (Å²) in [4.78, 5) is 0. The van der Waals surface area contributed by atoms with Gasteiger partial charge in [0.15, 0.2) is 0 Å². The van der Waals surface area contributed by atoms with E-state index in [-0.39, 0.29) is 34.0 Å². The summed E-state index contributed by atoms with van der Waals surface area (Å²) in [5.41, 5.74) is 0. The van der Waals surface area contributed by atoms with Crippen LogP contribution in [0, 0.1) is 0 Å². The van der Waals surface area contributed by atoms with Gasteiger partial charge in [-0.15, -0.1) is 34.0 Å². The molecule has 0 aromatic carbocycles. The monoisotopic (exact) mass is 398 g/mol. The minimum absolute atomic E-state index is 0. The van der Waals surface area contributed by atoms with Crippen LogP contribution in [0.2, 0.25) is 0 Å². The molecule has 0 radical (unpaired) electrons. The van der Waals surface area contributed by atoms with Crippen molar-refractivity contribution in [3.05, 3.63) is 44.2 Å². The minimum atomic E-state index is -1.71. The zero-order valence-electron chi connectivity index (χ0n) is 8.61. The van der Waals surface area contributed by atoms with Crippen LogP contribution in [-0.2, 0) is 14.1 Å². The summed E-state index contributed by atoms with van der Waals surface area (Å²) in [6.45, 7) is 0. The van der Waals surface area contributed by atoms with Crippen LogP contribution in [-0.4, -0.2) is 15.3 Å². The zero-order valence-corrected chi connectivity index (χ0v) is 16.4. The predicted octanol–water partition coefficient (Wildman–Crippen LogP) is 2.08. The molecule has 2 aliphatic rings. The molecule has 0 N–H and O–H groups in total. The van der Waals surface area contributed by atoms with Crippen molar-refractivity contribution in [2.24, 2.45) is 0 Å². The Hall–Kier alpha value is 1.07. The number of hydrogen-bond donors (Lipinski definition) is 0. The van der Waals surface area contributed by atoms with Gasteiger partial charge < -0.3 is 0 Å². The Morgan fingerprint density at radius 3 is 1.53 bits per heavy atom. The summed E-state index contributed by atoms with van der Waals surface area (Å²) in [6.07, 6.45) is 16.2. The molecular weight excluding hydrogens is 384 g/mol. The molecule has 0 saturated carbocycles. The van der Waals surface area contributed by atoms with E-state index in [9.17, 15) is 0 Å². The molecule has 0 saturated heterocycles. The number of halogens is 2. The van der Waals surface area contributed by atoms with Crippen molar-refractivity contribution in [1.29, 1.82) is 0 Å². The Bertz CT molecular complexity index is 406. The van der Waals surface area contributed by atoms with Crippen LogP contribution in [0.25, 0.3) is 0 Å². The first kappa shape index (κ1) is 16.1. The van der Waals surface area contributed by atoms with Crippen LogP contribution in [0.3, 0.4) is 0 Å². The second-order valence-corrected chi connectivity index (χ2v) is 23.2. The van der Waals surface area contributed by atoms with Gasteiger partial charge in [-0.1, -0.05) is 0 Å². The van der Waals surface area contributed by atoms with E-state index < -0.39 is 14.1 Å². The van der Waals surface area contributed by atoms with Gasteiger partial charge >= 0.3 is 86.4 Å². The zero-order chi connectivity index (χ0) is 9.31. The summed E-state index contributed by atoms with van der Waals surface area (Å²) >= 11 is -1.71. The first-order valence-corrected chi connectivity index (χ1v) is 14.2.